The summed E-state index contributed by atoms with van der Waals surface area (Å²) in [5.74, 6) is -0.625. The lowest BCUT2D eigenvalue weighted by atomic mass is 10.3. The van der Waals surface area contributed by atoms with Crippen molar-refractivity contribution in [3.05, 3.63) is 53.3 Å². The molecule has 0 bridgehead atoms. The third-order valence-corrected chi connectivity index (χ3v) is 4.93. The Hall–Kier alpha value is -1.79. The first-order valence-corrected chi connectivity index (χ1v) is 7.44. The van der Waals surface area contributed by atoms with E-state index in [1.165, 1.54) is 43.4 Å². The Morgan fingerprint density at radius 3 is 2.45 bits per heavy atom. The molecule has 0 aliphatic carbocycles. The van der Waals surface area contributed by atoms with Crippen molar-refractivity contribution in [1.29, 1.82) is 0 Å². The Morgan fingerprint density at radius 2 is 1.85 bits per heavy atom. The van der Waals surface area contributed by atoms with Crippen LogP contribution in [-0.4, -0.2) is 15.5 Å². The number of hydrogen-bond donors (Lipinski definition) is 1. The van der Waals surface area contributed by atoms with Crippen LogP contribution in [0.3, 0.4) is 0 Å². The third-order valence-electron chi connectivity index (χ3n) is 2.82. The fourth-order valence-corrected chi connectivity index (χ4v) is 3.03. The first-order chi connectivity index (χ1) is 9.34. The fraction of sp³-hybridized carbons (Fsp3) is 0.0769. The lowest BCUT2D eigenvalue weighted by Crippen LogP contribution is -2.27. The number of para-hydroxylation sites is 1. The van der Waals surface area contributed by atoms with Crippen LogP contribution >= 0.6 is 11.6 Å². The summed E-state index contributed by atoms with van der Waals surface area (Å²) >= 11 is 5.76. The molecule has 0 spiro atoms. The maximum Gasteiger partial charge on any atom is 0.264 e. The summed E-state index contributed by atoms with van der Waals surface area (Å²) in [5.41, 5.74) is 5.70. The Bertz CT molecular complexity index is 750. The first-order valence-electron chi connectivity index (χ1n) is 5.62. The van der Waals surface area contributed by atoms with E-state index in [4.69, 9.17) is 17.3 Å². The van der Waals surface area contributed by atoms with Gasteiger partial charge in [-0.1, -0.05) is 23.7 Å². The molecule has 0 aliphatic rings. The van der Waals surface area contributed by atoms with Crippen molar-refractivity contribution in [2.24, 2.45) is 0 Å². The van der Waals surface area contributed by atoms with Crippen LogP contribution < -0.4 is 10.0 Å². The summed E-state index contributed by atoms with van der Waals surface area (Å²) in [7, 11) is -2.62. The van der Waals surface area contributed by atoms with Gasteiger partial charge in [0.1, 0.15) is 5.82 Å². The zero-order valence-electron chi connectivity index (χ0n) is 10.5. The molecule has 0 saturated heterocycles. The van der Waals surface area contributed by atoms with Crippen LogP contribution in [0.4, 0.5) is 15.8 Å². The van der Waals surface area contributed by atoms with Crippen molar-refractivity contribution in [3.8, 4) is 0 Å². The van der Waals surface area contributed by atoms with Gasteiger partial charge in [-0.15, -0.1) is 0 Å². The quantitative estimate of drug-likeness (QED) is 0.886. The second-order valence-electron chi connectivity index (χ2n) is 4.11. The Labute approximate surface area is 121 Å². The molecular weight excluding hydrogens is 303 g/mol. The molecule has 0 unspecified atom stereocenters. The Balaban J connectivity index is 2.50. The molecule has 0 saturated carbocycles. The van der Waals surface area contributed by atoms with Gasteiger partial charge in [-0.3, -0.25) is 4.31 Å². The van der Waals surface area contributed by atoms with Crippen molar-refractivity contribution in [3.63, 3.8) is 0 Å². The van der Waals surface area contributed by atoms with E-state index in [-0.39, 0.29) is 21.3 Å². The maximum atomic E-state index is 13.7. The molecule has 0 heterocycles. The van der Waals surface area contributed by atoms with E-state index in [1.807, 2.05) is 0 Å². The van der Waals surface area contributed by atoms with Crippen molar-refractivity contribution in [2.75, 3.05) is 17.1 Å². The summed E-state index contributed by atoms with van der Waals surface area (Å²) in [4.78, 5) is -0.0508. The molecule has 2 rings (SSSR count). The molecule has 7 heteroatoms. The second kappa shape index (κ2) is 5.30. The first kappa shape index (κ1) is 14.6. The minimum Gasteiger partial charge on any atom is -0.397 e. The molecule has 20 heavy (non-hydrogen) atoms. The van der Waals surface area contributed by atoms with Crippen LogP contribution in [0.5, 0.6) is 0 Å². The topological polar surface area (TPSA) is 63.4 Å². The number of nitrogens with zero attached hydrogens (tertiary/aromatic N) is 1. The second-order valence-corrected chi connectivity index (χ2v) is 6.48. The maximum absolute atomic E-state index is 13.7. The number of halogens is 2. The van der Waals surface area contributed by atoms with E-state index < -0.39 is 15.8 Å². The van der Waals surface area contributed by atoms with Crippen molar-refractivity contribution < 1.29 is 12.8 Å². The molecule has 4 nitrogen and oxygen atoms in total. The van der Waals surface area contributed by atoms with Gasteiger partial charge in [-0.25, -0.2) is 12.8 Å². The predicted molar refractivity (Wildman–Crippen MR) is 77.9 cm³/mol. The van der Waals surface area contributed by atoms with Gasteiger partial charge in [-0.2, -0.15) is 0 Å². The molecule has 106 valence electrons. The number of sulfonamides is 1. The Morgan fingerprint density at radius 1 is 1.20 bits per heavy atom. The largest absolute Gasteiger partial charge is 0.397 e. The van der Waals surface area contributed by atoms with Gasteiger partial charge in [0.05, 0.1) is 21.3 Å². The molecule has 0 radical (unpaired) electrons. The van der Waals surface area contributed by atoms with Crippen LogP contribution in [0.1, 0.15) is 0 Å². The van der Waals surface area contributed by atoms with E-state index in [9.17, 15) is 12.8 Å². The predicted octanol–water partition coefficient (Wildman–Crippen LogP) is 2.89. The van der Waals surface area contributed by atoms with E-state index in [2.05, 4.69) is 0 Å². The minimum atomic E-state index is -3.90. The van der Waals surface area contributed by atoms with Gasteiger partial charge in [0.15, 0.2) is 0 Å². The molecule has 0 fully saturated rings. The molecule has 0 aromatic heterocycles. The monoisotopic (exact) mass is 314 g/mol. The molecule has 2 aromatic rings. The van der Waals surface area contributed by atoms with Crippen LogP contribution in [0.25, 0.3) is 0 Å². The lowest BCUT2D eigenvalue weighted by molar-refractivity contribution is 0.589. The average Bonchev–Trinajstić information content (AvgIpc) is 2.41. The molecule has 0 amide bonds. The van der Waals surface area contributed by atoms with E-state index in [0.717, 1.165) is 4.31 Å². The van der Waals surface area contributed by atoms with Crippen LogP contribution in [0.15, 0.2) is 47.4 Å². The fourth-order valence-electron chi connectivity index (χ4n) is 1.68. The molecular formula is C13H12ClFN2O2S. The van der Waals surface area contributed by atoms with Gasteiger partial charge in [-0.05, 0) is 30.3 Å². The number of nitrogens with two attached hydrogens (primary N) is 1. The summed E-state index contributed by atoms with van der Waals surface area (Å²) in [6.45, 7) is 0. The van der Waals surface area contributed by atoms with Crippen molar-refractivity contribution in [2.45, 2.75) is 4.90 Å². The van der Waals surface area contributed by atoms with E-state index in [0.29, 0.717) is 0 Å². The number of rotatable bonds is 3. The number of anilines is 2. The summed E-state index contributed by atoms with van der Waals surface area (Å²) < 4.78 is 39.4. The van der Waals surface area contributed by atoms with Crippen LogP contribution in [0, 0.1) is 5.82 Å². The van der Waals surface area contributed by atoms with Gasteiger partial charge >= 0.3 is 0 Å². The number of benzene rings is 2. The number of nitrogen functional groups attached to an aromatic ring is 1. The number of hydrogen-bond acceptors (Lipinski definition) is 3. The highest BCUT2D eigenvalue weighted by molar-refractivity contribution is 7.92. The van der Waals surface area contributed by atoms with Gasteiger partial charge in [0.25, 0.3) is 10.0 Å². The Kier molecular flexibility index (Phi) is 3.87. The highest BCUT2D eigenvalue weighted by Crippen LogP contribution is 2.27. The van der Waals surface area contributed by atoms with Gasteiger partial charge in [0, 0.05) is 7.05 Å². The van der Waals surface area contributed by atoms with E-state index >= 15 is 0 Å². The zero-order chi connectivity index (χ0) is 14.9. The van der Waals surface area contributed by atoms with Gasteiger partial charge < -0.3 is 5.73 Å². The highest BCUT2D eigenvalue weighted by atomic mass is 35.5. The van der Waals surface area contributed by atoms with Gasteiger partial charge in [0.2, 0.25) is 0 Å². The third kappa shape index (κ3) is 2.57. The molecule has 2 N–H and O–H groups in total. The van der Waals surface area contributed by atoms with E-state index in [1.54, 1.807) is 6.07 Å². The molecule has 0 atom stereocenters. The minimum absolute atomic E-state index is 0.0407. The summed E-state index contributed by atoms with van der Waals surface area (Å²) in [6.07, 6.45) is 0. The average molecular weight is 315 g/mol. The molecule has 2 aromatic carbocycles. The molecule has 0 aliphatic heterocycles. The van der Waals surface area contributed by atoms with Crippen molar-refractivity contribution in [1.82, 2.24) is 0 Å². The SMILES string of the molecule is CN(c1ccccc1F)S(=O)(=O)c1ccc(Cl)c(N)c1. The van der Waals surface area contributed by atoms with Crippen LogP contribution in [-0.2, 0) is 10.0 Å². The summed E-state index contributed by atoms with van der Waals surface area (Å²) in [6, 6.07) is 9.57. The lowest BCUT2D eigenvalue weighted by Gasteiger charge is -2.20. The standard InChI is InChI=1S/C13H12ClFN2O2S/c1-17(13-5-3-2-4-11(13)15)20(18,19)9-6-7-10(14)12(16)8-9/h2-8H,16H2,1H3. The zero-order valence-corrected chi connectivity index (χ0v) is 12.1. The normalized spacial score (nSPS) is 11.3. The van der Waals surface area contributed by atoms with Crippen LogP contribution in [0.2, 0.25) is 5.02 Å². The van der Waals surface area contributed by atoms with Crippen molar-refractivity contribution >= 4 is 33.0 Å². The summed E-state index contributed by atoms with van der Waals surface area (Å²) in [5, 5.41) is 0.262. The highest BCUT2D eigenvalue weighted by Gasteiger charge is 2.23. The smallest absolute Gasteiger partial charge is 0.264 e.